The van der Waals surface area contributed by atoms with Gasteiger partial charge in [0.1, 0.15) is 11.5 Å². The van der Waals surface area contributed by atoms with Crippen LogP contribution in [-0.2, 0) is 21.3 Å². The van der Waals surface area contributed by atoms with E-state index in [4.69, 9.17) is 5.73 Å². The van der Waals surface area contributed by atoms with E-state index in [1.807, 2.05) is 6.92 Å². The van der Waals surface area contributed by atoms with Crippen LogP contribution in [0.4, 0.5) is 19.0 Å². The van der Waals surface area contributed by atoms with Gasteiger partial charge in [0.25, 0.3) is 0 Å². The predicted molar refractivity (Wildman–Crippen MR) is 69.0 cm³/mol. The van der Waals surface area contributed by atoms with Crippen molar-refractivity contribution in [1.82, 2.24) is 14.5 Å². The summed E-state index contributed by atoms with van der Waals surface area (Å²) in [5.41, 5.74) is 5.51. The van der Waals surface area contributed by atoms with E-state index in [2.05, 4.69) is 14.6 Å². The Morgan fingerprint density at radius 3 is 2.71 bits per heavy atom. The number of nitrogens with zero attached hydrogens (tertiary/aromatic N) is 2. The summed E-state index contributed by atoms with van der Waals surface area (Å²) in [5, 5.41) is 3.84. The number of ether oxygens (including phenoxy) is 1. The highest BCUT2D eigenvalue weighted by Gasteiger charge is 2.27. The summed E-state index contributed by atoms with van der Waals surface area (Å²) in [6.07, 6.45) is -2.42. The Morgan fingerprint density at radius 2 is 2.14 bits per heavy atom. The zero-order chi connectivity index (χ0) is 16.1. The predicted octanol–water partition coefficient (Wildman–Crippen LogP) is 0.733. The number of anilines is 1. The highest BCUT2D eigenvalue weighted by Crippen LogP contribution is 2.16. The smallest absolute Gasteiger partial charge is 0.381 e. The molecule has 7 nitrogen and oxygen atoms in total. The second kappa shape index (κ2) is 7.09. The van der Waals surface area contributed by atoms with Crippen molar-refractivity contribution in [3.63, 3.8) is 0 Å². The number of hydrogen-bond donors (Lipinski definition) is 2. The Labute approximate surface area is 120 Å². The van der Waals surface area contributed by atoms with E-state index >= 15 is 0 Å². The highest BCUT2D eigenvalue weighted by molar-refractivity contribution is 7.89. The minimum absolute atomic E-state index is 0.160. The first-order chi connectivity index (χ1) is 9.65. The monoisotopic (exact) mass is 330 g/mol. The molecule has 3 N–H and O–H groups in total. The molecule has 0 bridgehead atoms. The molecule has 0 spiro atoms. The average Bonchev–Trinajstić information content (AvgIpc) is 2.69. The minimum Gasteiger partial charge on any atom is -0.381 e. The molecule has 0 atom stereocenters. The summed E-state index contributed by atoms with van der Waals surface area (Å²) in [5.74, 6) is -0.160. The number of nitrogens with one attached hydrogen (secondary N) is 1. The first-order valence-electron chi connectivity index (χ1n) is 6.13. The Kier molecular flexibility index (Phi) is 5.98. The Bertz CT molecular complexity index is 556. The van der Waals surface area contributed by atoms with Crippen LogP contribution < -0.4 is 10.5 Å². The van der Waals surface area contributed by atoms with E-state index in [1.165, 1.54) is 10.9 Å². The van der Waals surface area contributed by atoms with Gasteiger partial charge in [-0.25, -0.2) is 13.1 Å². The van der Waals surface area contributed by atoms with Crippen LogP contribution in [0.5, 0.6) is 0 Å². The van der Waals surface area contributed by atoms with Crippen LogP contribution in [0.3, 0.4) is 0 Å². The van der Waals surface area contributed by atoms with Crippen LogP contribution in [-0.4, -0.2) is 44.1 Å². The molecular weight excluding hydrogens is 313 g/mol. The SMILES string of the molecule is CCCn1cc(S(=O)(=O)NCCOCC(F)(F)F)c(N)n1. The zero-order valence-electron chi connectivity index (χ0n) is 11.4. The van der Waals surface area contributed by atoms with E-state index in [9.17, 15) is 21.6 Å². The van der Waals surface area contributed by atoms with Crippen molar-refractivity contribution >= 4 is 15.8 Å². The molecule has 1 aromatic heterocycles. The van der Waals surface area contributed by atoms with Crippen LogP contribution in [0.25, 0.3) is 0 Å². The van der Waals surface area contributed by atoms with E-state index in [-0.39, 0.29) is 17.3 Å². The number of nitrogens with two attached hydrogens (primary N) is 1. The average molecular weight is 330 g/mol. The molecule has 11 heteroatoms. The molecule has 0 fully saturated rings. The fourth-order valence-electron chi connectivity index (χ4n) is 1.48. The Balaban J connectivity index is 2.54. The van der Waals surface area contributed by atoms with Gasteiger partial charge in [0, 0.05) is 19.3 Å². The van der Waals surface area contributed by atoms with Crippen molar-refractivity contribution in [1.29, 1.82) is 0 Å². The van der Waals surface area contributed by atoms with Crippen molar-refractivity contribution in [3.8, 4) is 0 Å². The van der Waals surface area contributed by atoms with Crippen LogP contribution in [0.1, 0.15) is 13.3 Å². The fourth-order valence-corrected chi connectivity index (χ4v) is 2.57. The molecule has 0 aliphatic rings. The van der Waals surface area contributed by atoms with Crippen molar-refractivity contribution in [3.05, 3.63) is 6.20 Å². The van der Waals surface area contributed by atoms with Crippen LogP contribution >= 0.6 is 0 Å². The first-order valence-corrected chi connectivity index (χ1v) is 7.61. The summed E-state index contributed by atoms with van der Waals surface area (Å²) in [6, 6.07) is 0. The molecule has 0 saturated heterocycles. The van der Waals surface area contributed by atoms with Crippen LogP contribution in [0, 0.1) is 0 Å². The lowest BCUT2D eigenvalue weighted by Crippen LogP contribution is -2.29. The summed E-state index contributed by atoms with van der Waals surface area (Å²) in [7, 11) is -3.92. The fraction of sp³-hybridized carbons (Fsp3) is 0.700. The van der Waals surface area contributed by atoms with Gasteiger partial charge in [-0.3, -0.25) is 4.68 Å². The Hall–Kier alpha value is -1.33. The van der Waals surface area contributed by atoms with Gasteiger partial charge in [0.15, 0.2) is 5.82 Å². The third-order valence-electron chi connectivity index (χ3n) is 2.30. The molecule has 1 heterocycles. The molecule has 1 aromatic rings. The van der Waals surface area contributed by atoms with Gasteiger partial charge in [0.2, 0.25) is 10.0 Å². The van der Waals surface area contributed by atoms with Crippen molar-refractivity contribution in [2.24, 2.45) is 0 Å². The van der Waals surface area contributed by atoms with E-state index in [1.54, 1.807) is 0 Å². The number of nitrogen functional groups attached to an aromatic ring is 1. The van der Waals surface area contributed by atoms with Gasteiger partial charge in [-0.05, 0) is 6.42 Å². The quantitative estimate of drug-likeness (QED) is 0.685. The van der Waals surface area contributed by atoms with Crippen molar-refractivity contribution in [2.75, 3.05) is 25.5 Å². The molecule has 0 unspecified atom stereocenters. The first kappa shape index (κ1) is 17.7. The molecule has 0 saturated carbocycles. The van der Waals surface area contributed by atoms with Crippen molar-refractivity contribution in [2.45, 2.75) is 31.0 Å². The van der Waals surface area contributed by atoms with Gasteiger partial charge in [-0.1, -0.05) is 6.92 Å². The molecule has 1 rings (SSSR count). The van der Waals surface area contributed by atoms with Crippen LogP contribution in [0.15, 0.2) is 11.1 Å². The van der Waals surface area contributed by atoms with E-state index in [0.29, 0.717) is 6.54 Å². The number of hydrogen-bond acceptors (Lipinski definition) is 5. The topological polar surface area (TPSA) is 99.2 Å². The summed E-state index contributed by atoms with van der Waals surface area (Å²) in [6.45, 7) is 0.278. The van der Waals surface area contributed by atoms with Gasteiger partial charge in [-0.2, -0.15) is 18.3 Å². The van der Waals surface area contributed by atoms with Gasteiger partial charge < -0.3 is 10.5 Å². The zero-order valence-corrected chi connectivity index (χ0v) is 12.2. The maximum atomic E-state index is 11.9. The standard InChI is InChI=1S/C10H17F3N4O3S/c1-2-4-17-6-8(9(14)16-17)21(18,19)15-3-5-20-7-10(11,12)13/h6,15H,2-5,7H2,1H3,(H2,14,16). The molecular formula is C10H17F3N4O3S. The lowest BCUT2D eigenvalue weighted by Gasteiger charge is -2.08. The third-order valence-corrected chi connectivity index (χ3v) is 3.78. The number of rotatable bonds is 8. The van der Waals surface area contributed by atoms with E-state index < -0.39 is 29.4 Å². The Morgan fingerprint density at radius 1 is 1.48 bits per heavy atom. The lowest BCUT2D eigenvalue weighted by atomic mass is 10.5. The van der Waals surface area contributed by atoms with Gasteiger partial charge in [0.05, 0.1) is 6.61 Å². The maximum Gasteiger partial charge on any atom is 0.411 e. The minimum atomic E-state index is -4.44. The highest BCUT2D eigenvalue weighted by atomic mass is 32.2. The lowest BCUT2D eigenvalue weighted by molar-refractivity contribution is -0.173. The second-order valence-electron chi connectivity index (χ2n) is 4.21. The molecule has 0 amide bonds. The summed E-state index contributed by atoms with van der Waals surface area (Å²) in [4.78, 5) is -0.202. The summed E-state index contributed by atoms with van der Waals surface area (Å²) < 4.78 is 67.1. The number of sulfonamides is 1. The number of alkyl halides is 3. The van der Waals surface area contributed by atoms with E-state index in [0.717, 1.165) is 6.42 Å². The molecule has 0 aliphatic heterocycles. The van der Waals surface area contributed by atoms with Gasteiger partial charge >= 0.3 is 6.18 Å². The molecule has 122 valence electrons. The molecule has 0 aromatic carbocycles. The number of aromatic nitrogens is 2. The second-order valence-corrected chi connectivity index (χ2v) is 5.94. The number of halogens is 3. The van der Waals surface area contributed by atoms with Gasteiger partial charge in [-0.15, -0.1) is 0 Å². The molecule has 0 radical (unpaired) electrons. The molecule has 0 aliphatic carbocycles. The number of aryl methyl sites for hydroxylation is 1. The largest absolute Gasteiger partial charge is 0.411 e. The maximum absolute atomic E-state index is 11.9. The van der Waals surface area contributed by atoms with Crippen LogP contribution in [0.2, 0.25) is 0 Å². The van der Waals surface area contributed by atoms with Crippen molar-refractivity contribution < 1.29 is 26.3 Å². The summed E-state index contributed by atoms with van der Waals surface area (Å²) >= 11 is 0. The normalized spacial score (nSPS) is 12.8. The molecule has 21 heavy (non-hydrogen) atoms. The third kappa shape index (κ3) is 5.89.